The molecule has 3 aliphatic rings. The molecule has 58 valence electrons. The highest BCUT2D eigenvalue weighted by Crippen LogP contribution is 2.55. The molecule has 2 fully saturated rings. The lowest BCUT2D eigenvalue weighted by Crippen LogP contribution is -2.53. The molecule has 3 rings (SSSR count). The minimum atomic E-state index is -0.625. The quantitative estimate of drug-likeness (QED) is 0.506. The first-order chi connectivity index (χ1) is 5.29. The first kappa shape index (κ1) is 5.95. The number of hydrogen-bond donors (Lipinski definition) is 1. The average Bonchev–Trinajstić information content (AvgIpc) is 2.58. The van der Waals surface area contributed by atoms with Crippen LogP contribution in [0.3, 0.4) is 0 Å². The van der Waals surface area contributed by atoms with Crippen LogP contribution in [0, 0.1) is 23.7 Å². The van der Waals surface area contributed by atoms with E-state index in [2.05, 4.69) is 12.2 Å². The summed E-state index contributed by atoms with van der Waals surface area (Å²) < 4.78 is 0. The molecule has 0 radical (unpaired) electrons. The third kappa shape index (κ3) is 0.486. The number of rotatable bonds is 0. The third-order valence-electron chi connectivity index (χ3n) is 3.50. The van der Waals surface area contributed by atoms with Gasteiger partial charge in [-0.25, -0.2) is 0 Å². The van der Waals surface area contributed by atoms with Crippen LogP contribution < -0.4 is 0 Å². The second-order valence-electron chi connectivity index (χ2n) is 3.90. The summed E-state index contributed by atoms with van der Waals surface area (Å²) in [7, 11) is 0. The van der Waals surface area contributed by atoms with Crippen LogP contribution in [0.1, 0.15) is 6.42 Å². The van der Waals surface area contributed by atoms with Crippen LogP contribution in [0.25, 0.3) is 0 Å². The molecule has 0 aliphatic heterocycles. The average molecular weight is 150 g/mol. The number of aliphatic hydroxyl groups excluding tert-OH is 1. The molecule has 1 N–H and O–H groups in total. The zero-order chi connectivity index (χ0) is 7.59. The van der Waals surface area contributed by atoms with Gasteiger partial charge in [-0.15, -0.1) is 0 Å². The predicted octanol–water partition coefficient (Wildman–Crippen LogP) is 0.368. The monoisotopic (exact) mass is 150 g/mol. The summed E-state index contributed by atoms with van der Waals surface area (Å²) in [4.78, 5) is 11.1. The number of ketones is 1. The van der Waals surface area contributed by atoms with Crippen molar-refractivity contribution in [3.05, 3.63) is 12.2 Å². The van der Waals surface area contributed by atoms with E-state index in [-0.39, 0.29) is 17.6 Å². The normalized spacial score (nSPS) is 57.9. The number of carbonyl (C=O) groups excluding carboxylic acids is 1. The number of allylic oxidation sites excluding steroid dienone is 2. The molecule has 2 saturated carbocycles. The molecule has 2 heteroatoms. The third-order valence-corrected chi connectivity index (χ3v) is 3.50. The van der Waals surface area contributed by atoms with Crippen LogP contribution in [0.15, 0.2) is 12.2 Å². The minimum Gasteiger partial charge on any atom is -0.385 e. The van der Waals surface area contributed by atoms with Crippen molar-refractivity contribution in [2.45, 2.75) is 12.5 Å². The van der Waals surface area contributed by atoms with E-state index >= 15 is 0 Å². The Labute approximate surface area is 64.9 Å². The first-order valence-electron chi connectivity index (χ1n) is 4.19. The van der Waals surface area contributed by atoms with E-state index in [1.807, 2.05) is 0 Å². The Balaban J connectivity index is 2.01. The van der Waals surface area contributed by atoms with E-state index < -0.39 is 6.10 Å². The molecule has 0 saturated heterocycles. The Hall–Kier alpha value is -0.630. The second-order valence-corrected chi connectivity index (χ2v) is 3.90. The van der Waals surface area contributed by atoms with Gasteiger partial charge in [-0.05, 0) is 18.3 Å². The van der Waals surface area contributed by atoms with Crippen molar-refractivity contribution in [3.63, 3.8) is 0 Å². The van der Waals surface area contributed by atoms with Crippen molar-refractivity contribution in [1.29, 1.82) is 0 Å². The van der Waals surface area contributed by atoms with Gasteiger partial charge in [-0.2, -0.15) is 0 Å². The van der Waals surface area contributed by atoms with Gasteiger partial charge in [0.25, 0.3) is 0 Å². The van der Waals surface area contributed by atoms with Crippen LogP contribution in [0.4, 0.5) is 0 Å². The highest BCUT2D eigenvalue weighted by atomic mass is 16.3. The van der Waals surface area contributed by atoms with E-state index in [0.29, 0.717) is 11.8 Å². The fourth-order valence-corrected chi connectivity index (χ4v) is 2.96. The summed E-state index contributed by atoms with van der Waals surface area (Å²) in [5.74, 6) is 1.56. The molecular weight excluding hydrogens is 140 g/mol. The van der Waals surface area contributed by atoms with Crippen LogP contribution >= 0.6 is 0 Å². The number of fused-ring (bicyclic) bond motifs is 5. The van der Waals surface area contributed by atoms with Gasteiger partial charge in [-0.1, -0.05) is 12.2 Å². The van der Waals surface area contributed by atoms with Crippen molar-refractivity contribution in [2.75, 3.05) is 0 Å². The van der Waals surface area contributed by atoms with Crippen molar-refractivity contribution in [3.8, 4) is 0 Å². The van der Waals surface area contributed by atoms with E-state index in [4.69, 9.17) is 0 Å². The minimum absolute atomic E-state index is 0.0897. The summed E-state index contributed by atoms with van der Waals surface area (Å²) in [5.41, 5.74) is 0. The van der Waals surface area contributed by atoms with Gasteiger partial charge in [0.2, 0.25) is 0 Å². The van der Waals surface area contributed by atoms with Gasteiger partial charge in [0.1, 0.15) is 6.10 Å². The Morgan fingerprint density at radius 1 is 1.36 bits per heavy atom. The molecule has 0 heterocycles. The number of hydrogen-bond acceptors (Lipinski definition) is 2. The van der Waals surface area contributed by atoms with Crippen molar-refractivity contribution >= 4 is 5.78 Å². The molecule has 0 aromatic heterocycles. The molecule has 2 bridgehead atoms. The molecule has 0 amide bonds. The van der Waals surface area contributed by atoms with Gasteiger partial charge in [0.05, 0.1) is 0 Å². The second kappa shape index (κ2) is 1.58. The Morgan fingerprint density at radius 3 is 2.82 bits per heavy atom. The Morgan fingerprint density at radius 2 is 2.09 bits per heavy atom. The Kier molecular flexibility index (Phi) is 0.856. The fraction of sp³-hybridized carbons (Fsp3) is 0.667. The maximum absolute atomic E-state index is 11.1. The number of Topliss-reactive ketones (excluding diaryl/α,β-unsaturated/α-hetero) is 1. The van der Waals surface area contributed by atoms with Crippen molar-refractivity contribution in [1.82, 2.24) is 0 Å². The summed E-state index contributed by atoms with van der Waals surface area (Å²) in [6.45, 7) is 0. The van der Waals surface area contributed by atoms with E-state index in [1.54, 1.807) is 0 Å². The summed E-state index contributed by atoms with van der Waals surface area (Å²) >= 11 is 0. The van der Waals surface area contributed by atoms with Crippen LogP contribution in [0.5, 0.6) is 0 Å². The number of aliphatic hydroxyl groups is 1. The lowest BCUT2D eigenvalue weighted by atomic mass is 9.65. The summed E-state index contributed by atoms with van der Waals surface area (Å²) in [5, 5.41) is 9.33. The molecule has 11 heavy (non-hydrogen) atoms. The zero-order valence-corrected chi connectivity index (χ0v) is 6.10. The predicted molar refractivity (Wildman–Crippen MR) is 38.7 cm³/mol. The largest absolute Gasteiger partial charge is 0.385 e. The lowest BCUT2D eigenvalue weighted by Gasteiger charge is -2.40. The maximum Gasteiger partial charge on any atom is 0.165 e. The van der Waals surface area contributed by atoms with Gasteiger partial charge in [-0.3, -0.25) is 4.79 Å². The zero-order valence-electron chi connectivity index (χ0n) is 6.10. The number of carbonyl (C=O) groups is 1. The molecular formula is C9H10O2. The van der Waals surface area contributed by atoms with Gasteiger partial charge in [0, 0.05) is 11.8 Å². The summed E-state index contributed by atoms with van der Waals surface area (Å²) in [6.07, 6.45) is 4.80. The van der Waals surface area contributed by atoms with Crippen LogP contribution in [0.2, 0.25) is 0 Å². The topological polar surface area (TPSA) is 37.3 Å². The molecule has 5 atom stereocenters. The molecule has 0 aromatic rings. The highest BCUT2D eigenvalue weighted by molar-refractivity contribution is 5.93. The Bertz CT molecular complexity index is 256. The smallest absolute Gasteiger partial charge is 0.165 e. The van der Waals surface area contributed by atoms with Crippen molar-refractivity contribution in [2.24, 2.45) is 23.7 Å². The molecule has 4 unspecified atom stereocenters. The van der Waals surface area contributed by atoms with Crippen LogP contribution in [-0.2, 0) is 4.79 Å². The first-order valence-corrected chi connectivity index (χ1v) is 4.19. The van der Waals surface area contributed by atoms with E-state index in [9.17, 15) is 9.90 Å². The highest BCUT2D eigenvalue weighted by Gasteiger charge is 2.60. The summed E-state index contributed by atoms with van der Waals surface area (Å²) in [6, 6.07) is 0. The van der Waals surface area contributed by atoms with Crippen molar-refractivity contribution < 1.29 is 9.90 Å². The molecule has 2 nitrogen and oxygen atoms in total. The van der Waals surface area contributed by atoms with Gasteiger partial charge < -0.3 is 5.11 Å². The van der Waals surface area contributed by atoms with E-state index in [0.717, 1.165) is 6.42 Å². The molecule has 0 aromatic carbocycles. The lowest BCUT2D eigenvalue weighted by molar-refractivity contribution is -0.153. The van der Waals surface area contributed by atoms with Gasteiger partial charge in [0.15, 0.2) is 5.78 Å². The molecule has 3 aliphatic carbocycles. The van der Waals surface area contributed by atoms with Gasteiger partial charge >= 0.3 is 0 Å². The SMILES string of the molecule is O=C1C2C3C=CC(C3)C2[C@@H]1O. The molecule has 0 spiro atoms. The van der Waals surface area contributed by atoms with Crippen LogP contribution in [-0.4, -0.2) is 17.0 Å². The fourth-order valence-electron chi connectivity index (χ4n) is 2.96. The standard InChI is InChI=1S/C9H10O2/c10-8-6-4-1-2-5(3-4)7(6)9(8)11/h1-2,4-8,10H,3H2/t4?,5?,6?,7?,8-/m0/s1. The maximum atomic E-state index is 11.1. The van der Waals surface area contributed by atoms with E-state index in [1.165, 1.54) is 0 Å².